The van der Waals surface area contributed by atoms with Crippen LogP contribution >= 0.6 is 11.6 Å². The molecule has 0 saturated carbocycles. The van der Waals surface area contributed by atoms with E-state index in [1.807, 2.05) is 13.8 Å². The molecule has 1 aliphatic rings. The van der Waals surface area contributed by atoms with E-state index in [0.717, 1.165) is 5.39 Å². The van der Waals surface area contributed by atoms with Gasteiger partial charge in [0.15, 0.2) is 17.1 Å². The second-order valence-corrected chi connectivity index (χ2v) is 7.21. The molecule has 0 fully saturated rings. The number of aliphatic hydroxyl groups is 1. The number of anilines is 1. The highest BCUT2D eigenvalue weighted by Gasteiger charge is 2.43. The summed E-state index contributed by atoms with van der Waals surface area (Å²) < 4.78 is 11.3. The van der Waals surface area contributed by atoms with E-state index >= 15 is 0 Å². The number of hydrogen-bond donors (Lipinski definition) is 2. The third-order valence-corrected chi connectivity index (χ3v) is 4.82. The lowest BCUT2D eigenvalue weighted by Gasteiger charge is -2.42. The summed E-state index contributed by atoms with van der Waals surface area (Å²) in [5, 5.41) is 19.5. The third kappa shape index (κ3) is 2.66. The van der Waals surface area contributed by atoms with Crippen molar-refractivity contribution in [2.45, 2.75) is 31.6 Å². The van der Waals surface area contributed by atoms with Crippen LogP contribution in [0.15, 0.2) is 40.9 Å². The van der Waals surface area contributed by atoms with Crippen molar-refractivity contribution >= 4 is 34.1 Å². The van der Waals surface area contributed by atoms with E-state index in [-0.39, 0.29) is 0 Å². The summed E-state index contributed by atoms with van der Waals surface area (Å²) in [5.41, 5.74) is 0.942. The summed E-state index contributed by atoms with van der Waals surface area (Å²) in [7, 11) is 0. The fraction of sp³-hybridized carbons (Fsp3) is 0.263. The van der Waals surface area contributed by atoms with Crippen LogP contribution in [0.25, 0.3) is 15.8 Å². The molecular formula is C19H16ClN3O3. The number of benzene rings is 2. The zero-order valence-electron chi connectivity index (χ0n) is 14.2. The number of ether oxygens (including phenoxy) is 1. The van der Waals surface area contributed by atoms with Gasteiger partial charge in [-0.1, -0.05) is 22.8 Å². The predicted octanol–water partition coefficient (Wildman–Crippen LogP) is 4.72. The highest BCUT2D eigenvalue weighted by molar-refractivity contribution is 6.31. The topological polar surface area (TPSA) is 71.9 Å². The van der Waals surface area contributed by atoms with E-state index < -0.39 is 17.7 Å². The van der Waals surface area contributed by atoms with Crippen LogP contribution in [0, 0.1) is 6.57 Å². The molecule has 0 aliphatic carbocycles. The SMILES string of the molecule is [C-]#[N+]c1ccc2c(c1)[C@@H](Nc1noc3ccc(Cl)cc13)[C@H](O)C(C)(C)O2. The van der Waals surface area contributed by atoms with Crippen LogP contribution in [0.5, 0.6) is 5.75 Å². The van der Waals surface area contributed by atoms with Gasteiger partial charge in [0.1, 0.15) is 17.5 Å². The van der Waals surface area contributed by atoms with Gasteiger partial charge in [0, 0.05) is 10.6 Å². The van der Waals surface area contributed by atoms with Crippen LogP contribution in [-0.2, 0) is 0 Å². The molecule has 0 unspecified atom stereocenters. The van der Waals surface area contributed by atoms with Gasteiger partial charge in [0.2, 0.25) is 0 Å². The molecule has 26 heavy (non-hydrogen) atoms. The van der Waals surface area contributed by atoms with Crippen molar-refractivity contribution in [1.82, 2.24) is 5.16 Å². The molecule has 132 valence electrons. The molecule has 4 rings (SSSR count). The Bertz CT molecular complexity index is 1040. The predicted molar refractivity (Wildman–Crippen MR) is 98.8 cm³/mol. The maximum Gasteiger partial charge on any atom is 0.187 e. The van der Waals surface area contributed by atoms with Gasteiger partial charge >= 0.3 is 0 Å². The van der Waals surface area contributed by atoms with Crippen molar-refractivity contribution in [1.29, 1.82) is 0 Å². The lowest BCUT2D eigenvalue weighted by atomic mass is 9.86. The Morgan fingerprint density at radius 1 is 1.27 bits per heavy atom. The first-order chi connectivity index (χ1) is 12.4. The number of rotatable bonds is 2. The number of nitrogens with one attached hydrogen (secondary N) is 1. The highest BCUT2D eigenvalue weighted by atomic mass is 35.5. The summed E-state index contributed by atoms with van der Waals surface area (Å²) in [5.74, 6) is 1.10. The Morgan fingerprint density at radius 3 is 2.85 bits per heavy atom. The minimum atomic E-state index is -0.873. The van der Waals surface area contributed by atoms with E-state index in [1.54, 1.807) is 36.4 Å². The van der Waals surface area contributed by atoms with Crippen LogP contribution in [0.3, 0.4) is 0 Å². The first-order valence-corrected chi connectivity index (χ1v) is 8.47. The van der Waals surface area contributed by atoms with Gasteiger partial charge in [-0.15, -0.1) is 0 Å². The van der Waals surface area contributed by atoms with Gasteiger partial charge in [0.25, 0.3) is 0 Å². The molecule has 2 atom stereocenters. The van der Waals surface area contributed by atoms with E-state index in [9.17, 15) is 5.11 Å². The van der Waals surface area contributed by atoms with E-state index in [4.69, 9.17) is 27.4 Å². The maximum absolute atomic E-state index is 10.9. The smallest absolute Gasteiger partial charge is 0.187 e. The fourth-order valence-electron chi connectivity index (χ4n) is 3.18. The molecule has 1 aliphatic heterocycles. The summed E-state index contributed by atoms with van der Waals surface area (Å²) >= 11 is 6.09. The normalized spacial score (nSPS) is 20.9. The average molecular weight is 370 g/mol. The second kappa shape index (κ2) is 5.90. The van der Waals surface area contributed by atoms with Gasteiger partial charge < -0.3 is 19.7 Å². The van der Waals surface area contributed by atoms with Crippen LogP contribution in [0.4, 0.5) is 11.5 Å². The quantitative estimate of drug-likeness (QED) is 0.640. The number of fused-ring (bicyclic) bond motifs is 2. The molecule has 2 heterocycles. The van der Waals surface area contributed by atoms with E-state index in [2.05, 4.69) is 15.3 Å². The molecule has 2 N–H and O–H groups in total. The molecule has 7 heteroatoms. The van der Waals surface area contributed by atoms with Crippen LogP contribution in [-0.4, -0.2) is 22.0 Å². The van der Waals surface area contributed by atoms with Crippen LogP contribution < -0.4 is 10.1 Å². The number of aromatic nitrogens is 1. The Morgan fingerprint density at radius 2 is 2.08 bits per heavy atom. The van der Waals surface area contributed by atoms with Crippen molar-refractivity contribution in [3.63, 3.8) is 0 Å². The van der Waals surface area contributed by atoms with E-state index in [1.165, 1.54) is 0 Å². The largest absolute Gasteiger partial charge is 0.485 e. The monoisotopic (exact) mass is 369 g/mol. The number of halogens is 1. The van der Waals surface area contributed by atoms with Gasteiger partial charge in [-0.25, -0.2) is 4.85 Å². The summed E-state index contributed by atoms with van der Waals surface area (Å²) in [6.45, 7) is 10.9. The molecule has 0 bridgehead atoms. The number of aliphatic hydroxyl groups excluding tert-OH is 1. The highest BCUT2D eigenvalue weighted by Crippen LogP contribution is 2.43. The van der Waals surface area contributed by atoms with Crippen LogP contribution in [0.2, 0.25) is 5.02 Å². The number of nitrogens with zero attached hydrogens (tertiary/aromatic N) is 2. The summed E-state index contributed by atoms with van der Waals surface area (Å²) in [4.78, 5) is 3.47. The first-order valence-electron chi connectivity index (χ1n) is 8.09. The van der Waals surface area contributed by atoms with Crippen molar-refractivity contribution in [2.75, 3.05) is 5.32 Å². The van der Waals surface area contributed by atoms with Crippen molar-refractivity contribution in [3.8, 4) is 5.75 Å². The van der Waals surface area contributed by atoms with Gasteiger partial charge in [-0.3, -0.25) is 0 Å². The molecule has 0 radical (unpaired) electrons. The van der Waals surface area contributed by atoms with Gasteiger partial charge in [-0.05, 0) is 44.2 Å². The number of hydrogen-bond acceptors (Lipinski definition) is 5. The summed E-state index contributed by atoms with van der Waals surface area (Å²) in [6, 6.07) is 9.86. The maximum atomic E-state index is 10.9. The lowest BCUT2D eigenvalue weighted by molar-refractivity contribution is -0.0533. The molecular weight excluding hydrogens is 354 g/mol. The molecule has 3 aromatic rings. The fourth-order valence-corrected chi connectivity index (χ4v) is 3.35. The molecule has 1 aromatic heterocycles. The van der Waals surface area contributed by atoms with Crippen molar-refractivity contribution < 1.29 is 14.4 Å². The molecule has 6 nitrogen and oxygen atoms in total. The third-order valence-electron chi connectivity index (χ3n) is 4.58. The average Bonchev–Trinajstić information content (AvgIpc) is 3.00. The summed E-state index contributed by atoms with van der Waals surface area (Å²) in [6.07, 6.45) is -0.873. The van der Waals surface area contributed by atoms with Crippen molar-refractivity contribution in [2.24, 2.45) is 0 Å². The second-order valence-electron chi connectivity index (χ2n) is 6.78. The Labute approximate surface area is 155 Å². The van der Waals surface area contributed by atoms with Gasteiger partial charge in [-0.2, -0.15) is 0 Å². The Hall–Kier alpha value is -2.75. The molecule has 0 spiro atoms. The first kappa shape index (κ1) is 16.7. The van der Waals surface area contributed by atoms with Crippen molar-refractivity contribution in [3.05, 3.63) is 58.4 Å². The molecule has 0 saturated heterocycles. The minimum Gasteiger partial charge on any atom is -0.485 e. The standard InChI is InChI=1S/C19H16ClN3O3/c1-19(2)17(24)16(12-9-11(21-3)5-7-14(12)25-19)22-18-13-8-10(20)4-6-15(13)26-23-18/h4-9,16-17,24H,1-2H3,(H,22,23)/t16-,17+/m1/s1. The van der Waals surface area contributed by atoms with E-state index in [0.29, 0.717) is 33.4 Å². The minimum absolute atomic E-state index is 0.471. The Kier molecular flexibility index (Phi) is 3.79. The molecule has 0 amide bonds. The molecule has 2 aromatic carbocycles. The zero-order valence-corrected chi connectivity index (χ0v) is 14.9. The zero-order chi connectivity index (χ0) is 18.5. The lowest BCUT2D eigenvalue weighted by Crippen LogP contribution is -2.50. The van der Waals surface area contributed by atoms with Gasteiger partial charge in [0.05, 0.1) is 18.0 Å². The van der Waals surface area contributed by atoms with Crippen LogP contribution in [0.1, 0.15) is 25.5 Å². The Balaban J connectivity index is 1.81.